The van der Waals surface area contributed by atoms with Gasteiger partial charge in [-0.05, 0) is 235 Å². The van der Waals surface area contributed by atoms with Gasteiger partial charge in [-0.15, -0.1) is 0 Å². The molecule has 0 nitrogen and oxygen atoms in total. The summed E-state index contributed by atoms with van der Waals surface area (Å²) >= 11 is 0. The summed E-state index contributed by atoms with van der Waals surface area (Å²) in [6, 6.07) is 66.6. The fourth-order valence-electron chi connectivity index (χ4n) is 8.16. The first-order valence-electron chi connectivity index (χ1n) is 23.4. The van der Waals surface area contributed by atoms with Crippen LogP contribution in [0.15, 0.2) is 182 Å². The van der Waals surface area contributed by atoms with Crippen molar-refractivity contribution in [2.24, 2.45) is 0 Å². The van der Waals surface area contributed by atoms with Gasteiger partial charge in [-0.2, -0.15) is 0 Å². The third-order valence-electron chi connectivity index (χ3n) is 13.6. The Kier molecular flexibility index (Phi) is 14.8. The van der Waals surface area contributed by atoms with Gasteiger partial charge in [-0.3, -0.25) is 0 Å². The number of hydrogen-bond acceptors (Lipinski definition) is 0. The highest BCUT2D eigenvalue weighted by atomic mass is 14.1. The third-order valence-corrected chi connectivity index (χ3v) is 13.6. The van der Waals surface area contributed by atoms with Crippen LogP contribution in [-0.2, 0) is 0 Å². The minimum absolute atomic E-state index is 1.25. The molecule has 0 radical (unpaired) electrons. The molecule has 0 saturated carbocycles. The lowest BCUT2D eigenvalue weighted by molar-refractivity contribution is 1.32. The van der Waals surface area contributed by atoms with E-state index in [-0.39, 0.29) is 0 Å². The second-order valence-electron chi connectivity index (χ2n) is 18.5. The van der Waals surface area contributed by atoms with Crippen LogP contribution in [-0.4, -0.2) is 0 Å². The molecule has 0 heterocycles. The molecule has 0 aliphatic rings. The van der Waals surface area contributed by atoms with Crippen LogP contribution in [0.25, 0.3) is 66.8 Å². The fourth-order valence-corrected chi connectivity index (χ4v) is 8.16. The minimum Gasteiger partial charge on any atom is -0.0610 e. The van der Waals surface area contributed by atoms with E-state index in [0.717, 1.165) is 0 Å². The van der Waals surface area contributed by atoms with Crippen molar-refractivity contribution in [1.29, 1.82) is 0 Å². The Morgan fingerprint density at radius 1 is 0.136 bits per heavy atom. The molecule has 0 unspecified atom stereocenters. The Labute approximate surface area is 396 Å². The summed E-state index contributed by atoms with van der Waals surface area (Å²) in [7, 11) is 0. The van der Waals surface area contributed by atoms with Gasteiger partial charge in [0.15, 0.2) is 0 Å². The number of aryl methyl sites for hydroxylation is 12. The van der Waals surface area contributed by atoms with Crippen molar-refractivity contribution in [2.45, 2.75) is 83.1 Å². The standard InChI is InChI=1S/C28H26.C22H22.C16H18/c1-19-11-13-27(15-21(19)3)25-9-5-7-23(17-25)24-8-6-10-26(18-24)28-14-12-20(2)22(4)16-28;1-15-8-10-21(12-17(15)3)19-6-5-7-20(14-19)22-11-9-16(2)18(4)13-22;1-11-5-7-15(9-13(11)3)16-8-6-12(2)14(4)10-16/h5-18H,1-4H3;5-14H,1-4H3;5-10H,1-4H3. The van der Waals surface area contributed by atoms with Crippen LogP contribution in [0.3, 0.4) is 0 Å². The average Bonchev–Trinajstić information content (AvgIpc) is 3.32. The predicted molar refractivity (Wildman–Crippen MR) is 289 cm³/mol. The van der Waals surface area contributed by atoms with E-state index in [0.29, 0.717) is 0 Å². The molecule has 66 heavy (non-hydrogen) atoms. The van der Waals surface area contributed by atoms with Crippen molar-refractivity contribution in [3.8, 4) is 66.8 Å². The Bertz CT molecular complexity index is 2940. The van der Waals surface area contributed by atoms with Crippen molar-refractivity contribution in [3.05, 3.63) is 249 Å². The van der Waals surface area contributed by atoms with Crippen LogP contribution >= 0.6 is 0 Å². The van der Waals surface area contributed by atoms with Crippen LogP contribution < -0.4 is 0 Å². The molecule has 0 aliphatic heterocycles. The Morgan fingerprint density at radius 3 is 0.409 bits per heavy atom. The molecule has 0 aliphatic carbocycles. The van der Waals surface area contributed by atoms with E-state index in [2.05, 4.69) is 265 Å². The molecule has 9 aromatic rings. The van der Waals surface area contributed by atoms with Gasteiger partial charge in [-0.1, -0.05) is 164 Å². The van der Waals surface area contributed by atoms with E-state index in [1.54, 1.807) is 0 Å². The van der Waals surface area contributed by atoms with E-state index in [1.807, 2.05) is 0 Å². The zero-order chi connectivity index (χ0) is 47.1. The molecule has 0 heteroatoms. The van der Waals surface area contributed by atoms with E-state index in [1.165, 1.54) is 134 Å². The topological polar surface area (TPSA) is 0 Å². The lowest BCUT2D eigenvalue weighted by Gasteiger charge is -2.10. The van der Waals surface area contributed by atoms with Gasteiger partial charge >= 0.3 is 0 Å². The Morgan fingerprint density at radius 2 is 0.273 bits per heavy atom. The van der Waals surface area contributed by atoms with Gasteiger partial charge in [0.2, 0.25) is 0 Å². The summed E-state index contributed by atoms with van der Waals surface area (Å²) < 4.78 is 0. The quantitative estimate of drug-likeness (QED) is 0.156. The highest BCUT2D eigenvalue weighted by Crippen LogP contribution is 2.32. The molecule has 330 valence electrons. The van der Waals surface area contributed by atoms with Crippen LogP contribution in [0.5, 0.6) is 0 Å². The van der Waals surface area contributed by atoms with Gasteiger partial charge in [0, 0.05) is 0 Å². The largest absolute Gasteiger partial charge is 0.0610 e. The van der Waals surface area contributed by atoms with Crippen molar-refractivity contribution in [3.63, 3.8) is 0 Å². The number of rotatable bonds is 6. The van der Waals surface area contributed by atoms with E-state index in [4.69, 9.17) is 0 Å². The van der Waals surface area contributed by atoms with Gasteiger partial charge in [-0.25, -0.2) is 0 Å². The van der Waals surface area contributed by atoms with Crippen molar-refractivity contribution < 1.29 is 0 Å². The monoisotopic (exact) mass is 859 g/mol. The van der Waals surface area contributed by atoms with Gasteiger partial charge < -0.3 is 0 Å². The smallest absolute Gasteiger partial charge is 0.0178 e. The molecule has 9 rings (SSSR count). The summed E-state index contributed by atoms with van der Waals surface area (Å²) in [5.74, 6) is 0. The van der Waals surface area contributed by atoms with Crippen LogP contribution in [0, 0.1) is 83.1 Å². The summed E-state index contributed by atoms with van der Waals surface area (Å²) in [5, 5.41) is 0. The molecule has 0 amide bonds. The summed E-state index contributed by atoms with van der Waals surface area (Å²) in [5.41, 5.74) is 31.4. The van der Waals surface area contributed by atoms with Gasteiger partial charge in [0.05, 0.1) is 0 Å². The first-order chi connectivity index (χ1) is 31.6. The molecule has 0 N–H and O–H groups in total. The predicted octanol–water partition coefficient (Wildman–Crippen LogP) is 18.8. The Hall–Kier alpha value is -7.02. The molecule has 9 aromatic carbocycles. The summed E-state index contributed by atoms with van der Waals surface area (Å²) in [4.78, 5) is 0. The molecular formula is C66H66. The lowest BCUT2D eigenvalue weighted by atomic mass is 9.94. The first-order valence-corrected chi connectivity index (χ1v) is 23.4. The fraction of sp³-hybridized carbons (Fsp3) is 0.182. The van der Waals surface area contributed by atoms with Crippen LogP contribution in [0.4, 0.5) is 0 Å². The zero-order valence-electron chi connectivity index (χ0n) is 41.3. The lowest BCUT2D eigenvalue weighted by Crippen LogP contribution is -1.86. The number of benzene rings is 9. The number of hydrogen-bond donors (Lipinski definition) is 0. The molecule has 0 spiro atoms. The molecule has 0 aromatic heterocycles. The molecule has 0 bridgehead atoms. The second-order valence-corrected chi connectivity index (χ2v) is 18.5. The molecular weight excluding hydrogens is 793 g/mol. The van der Waals surface area contributed by atoms with Gasteiger partial charge in [0.25, 0.3) is 0 Å². The maximum Gasteiger partial charge on any atom is -0.0178 e. The summed E-state index contributed by atoms with van der Waals surface area (Å²) in [6.45, 7) is 26.0. The van der Waals surface area contributed by atoms with Crippen molar-refractivity contribution >= 4 is 0 Å². The van der Waals surface area contributed by atoms with E-state index in [9.17, 15) is 0 Å². The second kappa shape index (κ2) is 20.9. The van der Waals surface area contributed by atoms with Crippen molar-refractivity contribution in [2.75, 3.05) is 0 Å². The van der Waals surface area contributed by atoms with E-state index >= 15 is 0 Å². The maximum atomic E-state index is 2.30. The molecule has 0 fully saturated rings. The highest BCUT2D eigenvalue weighted by Gasteiger charge is 2.08. The maximum absolute atomic E-state index is 2.30. The van der Waals surface area contributed by atoms with E-state index < -0.39 is 0 Å². The third kappa shape index (κ3) is 11.4. The zero-order valence-corrected chi connectivity index (χ0v) is 41.3. The van der Waals surface area contributed by atoms with Crippen molar-refractivity contribution in [1.82, 2.24) is 0 Å². The van der Waals surface area contributed by atoms with Gasteiger partial charge in [0.1, 0.15) is 0 Å². The average molecular weight is 859 g/mol. The molecule has 0 atom stereocenters. The molecule has 0 saturated heterocycles. The van der Waals surface area contributed by atoms with Crippen LogP contribution in [0.1, 0.15) is 66.8 Å². The minimum atomic E-state index is 1.25. The summed E-state index contributed by atoms with van der Waals surface area (Å²) in [6.07, 6.45) is 0. The Balaban J connectivity index is 0.000000153. The SMILES string of the molecule is Cc1ccc(-c2ccc(C)c(C)c2)cc1C.Cc1ccc(-c2cccc(-c3ccc(C)c(C)c3)c2)cc1C.Cc1ccc(-c2cccc(-c3cccc(-c4ccc(C)c(C)c4)c3)c2)cc1C. The normalized spacial score (nSPS) is 10.7. The highest BCUT2D eigenvalue weighted by molar-refractivity contribution is 5.78. The van der Waals surface area contributed by atoms with Crippen LogP contribution in [0.2, 0.25) is 0 Å². The first kappa shape index (κ1) is 47.0.